The van der Waals surface area contributed by atoms with Gasteiger partial charge < -0.3 is 15.0 Å². The molecule has 26 heavy (non-hydrogen) atoms. The first-order valence-electron chi connectivity index (χ1n) is 7.61. The monoisotopic (exact) mass is 366 g/mol. The second kappa shape index (κ2) is 7.90. The van der Waals surface area contributed by atoms with Crippen LogP contribution in [0.3, 0.4) is 0 Å². The molecule has 0 saturated heterocycles. The number of carbonyl (C=O) groups is 2. The van der Waals surface area contributed by atoms with Crippen molar-refractivity contribution in [3.05, 3.63) is 59.7 Å². The smallest absolute Gasteiger partial charge is 0.406 e. The number of halogens is 3. The number of nitrogens with zero attached hydrogens (tertiary/aromatic N) is 1. The molecule has 5 nitrogen and oxygen atoms in total. The summed E-state index contributed by atoms with van der Waals surface area (Å²) in [6.45, 7) is 0. The Bertz CT molecular complexity index is 787. The highest BCUT2D eigenvalue weighted by atomic mass is 19.4. The van der Waals surface area contributed by atoms with E-state index in [1.54, 1.807) is 38.4 Å². The van der Waals surface area contributed by atoms with Crippen LogP contribution in [0.1, 0.15) is 15.9 Å². The normalized spacial score (nSPS) is 11.0. The fourth-order valence-corrected chi connectivity index (χ4v) is 2.21. The molecule has 0 spiro atoms. The van der Waals surface area contributed by atoms with Crippen molar-refractivity contribution in [3.63, 3.8) is 0 Å². The van der Waals surface area contributed by atoms with Crippen LogP contribution in [0, 0.1) is 0 Å². The molecule has 1 N–H and O–H groups in total. The number of hydrogen-bond acceptors (Lipinski definition) is 3. The van der Waals surface area contributed by atoms with E-state index in [1.807, 2.05) is 0 Å². The summed E-state index contributed by atoms with van der Waals surface area (Å²) in [7, 11) is 3.21. The molecule has 2 amide bonds. The van der Waals surface area contributed by atoms with Crippen molar-refractivity contribution in [2.45, 2.75) is 12.8 Å². The zero-order valence-electron chi connectivity index (χ0n) is 14.1. The van der Waals surface area contributed by atoms with Crippen molar-refractivity contribution in [1.29, 1.82) is 0 Å². The first-order valence-corrected chi connectivity index (χ1v) is 7.61. The molecule has 0 fully saturated rings. The first-order chi connectivity index (χ1) is 12.2. The van der Waals surface area contributed by atoms with Gasteiger partial charge in [-0.2, -0.15) is 0 Å². The van der Waals surface area contributed by atoms with Crippen LogP contribution < -0.4 is 10.1 Å². The molecule has 8 heteroatoms. The molecule has 0 saturated carbocycles. The predicted molar refractivity (Wildman–Crippen MR) is 89.9 cm³/mol. The maximum absolute atomic E-state index is 12.2. The lowest BCUT2D eigenvalue weighted by Gasteiger charge is -2.14. The molecule has 0 aliphatic carbocycles. The van der Waals surface area contributed by atoms with Gasteiger partial charge in [-0.1, -0.05) is 24.3 Å². The Kier molecular flexibility index (Phi) is 5.86. The molecular weight excluding hydrogens is 349 g/mol. The summed E-state index contributed by atoms with van der Waals surface area (Å²) in [6, 6.07) is 11.6. The summed E-state index contributed by atoms with van der Waals surface area (Å²) in [4.78, 5) is 25.7. The number of amides is 2. The first kappa shape index (κ1) is 19.3. The molecule has 0 heterocycles. The third-order valence-electron chi connectivity index (χ3n) is 3.36. The summed E-state index contributed by atoms with van der Waals surface area (Å²) < 4.78 is 40.2. The zero-order valence-corrected chi connectivity index (χ0v) is 14.1. The molecule has 2 aromatic carbocycles. The van der Waals surface area contributed by atoms with Crippen LogP contribution in [-0.4, -0.2) is 37.2 Å². The maximum Gasteiger partial charge on any atom is 0.573 e. The SMILES string of the molecule is CN(C)C(=O)c1ccccc1NC(=O)Cc1ccc(OC(F)(F)F)cc1. The minimum atomic E-state index is -4.76. The molecule has 2 rings (SSSR count). The second-order valence-electron chi connectivity index (χ2n) is 5.66. The summed E-state index contributed by atoms with van der Waals surface area (Å²) >= 11 is 0. The van der Waals surface area contributed by atoms with E-state index in [0.29, 0.717) is 16.8 Å². The van der Waals surface area contributed by atoms with Crippen molar-refractivity contribution in [2.75, 3.05) is 19.4 Å². The van der Waals surface area contributed by atoms with E-state index >= 15 is 0 Å². The van der Waals surface area contributed by atoms with Crippen molar-refractivity contribution >= 4 is 17.5 Å². The Morgan fingerprint density at radius 3 is 2.23 bits per heavy atom. The van der Waals surface area contributed by atoms with Gasteiger partial charge in [0.25, 0.3) is 5.91 Å². The van der Waals surface area contributed by atoms with Crippen LogP contribution in [0.25, 0.3) is 0 Å². The van der Waals surface area contributed by atoms with Crippen LogP contribution in [0.15, 0.2) is 48.5 Å². The minimum absolute atomic E-state index is 0.0587. The lowest BCUT2D eigenvalue weighted by molar-refractivity contribution is -0.274. The van der Waals surface area contributed by atoms with Gasteiger partial charge in [-0.3, -0.25) is 9.59 Å². The van der Waals surface area contributed by atoms with Crippen LogP contribution >= 0.6 is 0 Å². The summed E-state index contributed by atoms with van der Waals surface area (Å²) in [6.07, 6.45) is -4.82. The third kappa shape index (κ3) is 5.51. The average Bonchev–Trinajstić information content (AvgIpc) is 2.55. The van der Waals surface area contributed by atoms with Gasteiger partial charge >= 0.3 is 6.36 Å². The Hall–Kier alpha value is -3.03. The lowest BCUT2D eigenvalue weighted by atomic mass is 10.1. The van der Waals surface area contributed by atoms with E-state index in [1.165, 1.54) is 17.0 Å². The zero-order chi connectivity index (χ0) is 19.3. The predicted octanol–water partition coefficient (Wildman–Crippen LogP) is 3.47. The second-order valence-corrected chi connectivity index (χ2v) is 5.66. The summed E-state index contributed by atoms with van der Waals surface area (Å²) in [5.74, 6) is -1.01. The Morgan fingerprint density at radius 1 is 1.04 bits per heavy atom. The van der Waals surface area contributed by atoms with Crippen LogP contribution in [0.2, 0.25) is 0 Å². The minimum Gasteiger partial charge on any atom is -0.406 e. The summed E-state index contributed by atoms with van der Waals surface area (Å²) in [5, 5.41) is 2.65. The average molecular weight is 366 g/mol. The highest BCUT2D eigenvalue weighted by molar-refractivity contribution is 6.03. The molecule has 0 aromatic heterocycles. The molecule has 0 radical (unpaired) electrons. The number of alkyl halides is 3. The Balaban J connectivity index is 2.05. The maximum atomic E-state index is 12.2. The molecule has 0 aliphatic rings. The molecule has 0 aliphatic heterocycles. The molecule has 0 atom stereocenters. The molecule has 0 unspecified atom stereocenters. The number of benzene rings is 2. The van der Waals surface area contributed by atoms with Gasteiger partial charge in [-0.25, -0.2) is 0 Å². The Morgan fingerprint density at radius 2 is 1.65 bits per heavy atom. The fraction of sp³-hybridized carbons (Fsp3) is 0.222. The van der Waals surface area contributed by atoms with Crippen molar-refractivity contribution in [2.24, 2.45) is 0 Å². The number of rotatable bonds is 5. The van der Waals surface area contributed by atoms with Gasteiger partial charge in [0.1, 0.15) is 5.75 Å². The summed E-state index contributed by atoms with van der Waals surface area (Å²) in [5.41, 5.74) is 1.22. The fourth-order valence-electron chi connectivity index (χ4n) is 2.21. The highest BCUT2D eigenvalue weighted by Gasteiger charge is 2.30. The lowest BCUT2D eigenvalue weighted by Crippen LogP contribution is -2.24. The number of hydrogen-bond donors (Lipinski definition) is 1. The Labute approximate surface area is 148 Å². The van der Waals surface area contributed by atoms with E-state index in [9.17, 15) is 22.8 Å². The van der Waals surface area contributed by atoms with Gasteiger partial charge in [0.05, 0.1) is 17.7 Å². The topological polar surface area (TPSA) is 58.6 Å². The number of nitrogens with one attached hydrogen (secondary N) is 1. The molecule has 138 valence electrons. The van der Waals surface area contributed by atoms with Gasteiger partial charge in [0, 0.05) is 14.1 Å². The van der Waals surface area contributed by atoms with Gasteiger partial charge in [0.15, 0.2) is 0 Å². The van der Waals surface area contributed by atoms with E-state index in [4.69, 9.17) is 0 Å². The third-order valence-corrected chi connectivity index (χ3v) is 3.36. The highest BCUT2D eigenvalue weighted by Crippen LogP contribution is 2.23. The number of carbonyl (C=O) groups excluding carboxylic acids is 2. The van der Waals surface area contributed by atoms with Gasteiger partial charge in [-0.05, 0) is 29.8 Å². The van der Waals surface area contributed by atoms with Crippen LogP contribution in [0.4, 0.5) is 18.9 Å². The van der Waals surface area contributed by atoms with E-state index in [2.05, 4.69) is 10.1 Å². The molecule has 0 bridgehead atoms. The number of anilines is 1. The van der Waals surface area contributed by atoms with Gasteiger partial charge in [0.2, 0.25) is 5.91 Å². The number of ether oxygens (including phenoxy) is 1. The van der Waals surface area contributed by atoms with Crippen molar-refractivity contribution in [1.82, 2.24) is 4.90 Å². The van der Waals surface area contributed by atoms with E-state index in [0.717, 1.165) is 12.1 Å². The number of para-hydroxylation sites is 1. The van der Waals surface area contributed by atoms with Crippen molar-refractivity contribution < 1.29 is 27.5 Å². The van der Waals surface area contributed by atoms with Crippen LogP contribution in [0.5, 0.6) is 5.75 Å². The largest absolute Gasteiger partial charge is 0.573 e. The molecular formula is C18H17F3N2O3. The van der Waals surface area contributed by atoms with Crippen molar-refractivity contribution in [3.8, 4) is 5.75 Å². The molecule has 2 aromatic rings. The van der Waals surface area contributed by atoms with Gasteiger partial charge in [-0.15, -0.1) is 13.2 Å². The standard InChI is InChI=1S/C18H17F3N2O3/c1-23(2)17(25)14-5-3-4-6-15(14)22-16(24)11-12-7-9-13(10-8-12)26-18(19,20)21/h3-10H,11H2,1-2H3,(H,22,24). The van der Waals surface area contributed by atoms with Crippen LogP contribution in [-0.2, 0) is 11.2 Å². The quantitative estimate of drug-likeness (QED) is 0.882. The van der Waals surface area contributed by atoms with E-state index < -0.39 is 12.3 Å². The van der Waals surface area contributed by atoms with E-state index in [-0.39, 0.29) is 18.1 Å².